The van der Waals surface area contributed by atoms with Gasteiger partial charge in [0, 0.05) is 9.61 Å². The molecule has 0 saturated carbocycles. The second kappa shape index (κ2) is 5.55. The normalized spacial score (nSPS) is 12.3. The molecule has 0 aliphatic carbocycles. The highest BCUT2D eigenvalue weighted by Gasteiger charge is 2.10. The molecule has 0 unspecified atom stereocenters. The van der Waals surface area contributed by atoms with Crippen LogP contribution in [0.2, 0.25) is 0 Å². The third-order valence-corrected chi connectivity index (χ3v) is 3.10. The van der Waals surface area contributed by atoms with Gasteiger partial charge in [0.05, 0.1) is 14.2 Å². The van der Waals surface area contributed by atoms with Crippen LogP contribution in [0.1, 0.15) is 12.5 Å². The molecule has 0 aliphatic heterocycles. The maximum atomic E-state index is 5.78. The third kappa shape index (κ3) is 3.24. The van der Waals surface area contributed by atoms with Crippen LogP contribution in [0.15, 0.2) is 12.1 Å². The van der Waals surface area contributed by atoms with Gasteiger partial charge in [-0.1, -0.05) is 0 Å². The van der Waals surface area contributed by atoms with Gasteiger partial charge in [0.1, 0.15) is 0 Å². The lowest BCUT2D eigenvalue weighted by atomic mass is 10.1. The van der Waals surface area contributed by atoms with E-state index in [0.29, 0.717) is 0 Å². The average molecular weight is 321 g/mol. The van der Waals surface area contributed by atoms with E-state index in [0.717, 1.165) is 21.5 Å². The van der Waals surface area contributed by atoms with E-state index >= 15 is 0 Å². The zero-order valence-electron chi connectivity index (χ0n) is 9.21. The maximum Gasteiger partial charge on any atom is 0.161 e. The first-order chi connectivity index (χ1) is 7.08. The van der Waals surface area contributed by atoms with Crippen LogP contribution >= 0.6 is 22.6 Å². The molecular weight excluding hydrogens is 305 g/mol. The molecule has 3 nitrogen and oxygen atoms in total. The minimum absolute atomic E-state index is 0.150. The molecule has 0 heterocycles. The summed E-state index contributed by atoms with van der Waals surface area (Å²) in [5.74, 6) is 1.52. The van der Waals surface area contributed by atoms with Crippen LogP contribution in [0, 0.1) is 3.57 Å². The van der Waals surface area contributed by atoms with Crippen molar-refractivity contribution in [3.63, 3.8) is 0 Å². The van der Waals surface area contributed by atoms with Gasteiger partial charge in [0.15, 0.2) is 11.5 Å². The summed E-state index contributed by atoms with van der Waals surface area (Å²) in [6.07, 6.45) is 0.846. The smallest absolute Gasteiger partial charge is 0.161 e. The molecule has 84 valence electrons. The summed E-state index contributed by atoms with van der Waals surface area (Å²) in [4.78, 5) is 0. The highest BCUT2D eigenvalue weighted by Crippen LogP contribution is 2.31. The fourth-order valence-corrected chi connectivity index (χ4v) is 2.06. The fraction of sp³-hybridized carbons (Fsp3) is 0.455. The molecular formula is C11H16INO2. The molecule has 1 rings (SSSR count). The number of halogens is 1. The van der Waals surface area contributed by atoms with Gasteiger partial charge in [0.25, 0.3) is 0 Å². The topological polar surface area (TPSA) is 44.5 Å². The van der Waals surface area contributed by atoms with Crippen LogP contribution < -0.4 is 15.2 Å². The Morgan fingerprint density at radius 1 is 1.27 bits per heavy atom. The predicted molar refractivity (Wildman–Crippen MR) is 69.6 cm³/mol. The molecule has 0 bridgehead atoms. The van der Waals surface area contributed by atoms with Crippen molar-refractivity contribution in [3.05, 3.63) is 21.3 Å². The first kappa shape index (κ1) is 12.6. The highest BCUT2D eigenvalue weighted by atomic mass is 127. The minimum atomic E-state index is 0.150. The molecule has 1 atom stereocenters. The number of rotatable bonds is 4. The van der Waals surface area contributed by atoms with Crippen molar-refractivity contribution in [1.82, 2.24) is 0 Å². The van der Waals surface area contributed by atoms with Gasteiger partial charge in [-0.15, -0.1) is 0 Å². The van der Waals surface area contributed by atoms with Gasteiger partial charge in [0.2, 0.25) is 0 Å². The number of ether oxygens (including phenoxy) is 2. The van der Waals surface area contributed by atoms with Crippen LogP contribution in [-0.2, 0) is 6.42 Å². The maximum absolute atomic E-state index is 5.78. The Balaban J connectivity index is 3.08. The van der Waals surface area contributed by atoms with E-state index < -0.39 is 0 Å². The van der Waals surface area contributed by atoms with Crippen molar-refractivity contribution in [1.29, 1.82) is 0 Å². The van der Waals surface area contributed by atoms with Crippen LogP contribution in [0.25, 0.3) is 0 Å². The van der Waals surface area contributed by atoms with E-state index in [1.54, 1.807) is 14.2 Å². The Morgan fingerprint density at radius 2 is 1.80 bits per heavy atom. The number of nitrogens with two attached hydrogens (primary N) is 1. The SMILES string of the molecule is COc1cc(I)c(C[C@@H](C)N)cc1OC. The van der Waals surface area contributed by atoms with Crippen LogP contribution in [0.3, 0.4) is 0 Å². The number of hydrogen-bond acceptors (Lipinski definition) is 3. The van der Waals surface area contributed by atoms with Gasteiger partial charge in [-0.3, -0.25) is 0 Å². The monoisotopic (exact) mass is 321 g/mol. The lowest BCUT2D eigenvalue weighted by molar-refractivity contribution is 0.354. The zero-order valence-corrected chi connectivity index (χ0v) is 11.4. The van der Waals surface area contributed by atoms with Gasteiger partial charge >= 0.3 is 0 Å². The minimum Gasteiger partial charge on any atom is -0.493 e. The molecule has 0 saturated heterocycles. The quantitative estimate of drug-likeness (QED) is 0.865. The Hall–Kier alpha value is -0.490. The zero-order chi connectivity index (χ0) is 11.4. The van der Waals surface area contributed by atoms with Gasteiger partial charge in [-0.05, 0) is 53.6 Å². The molecule has 0 radical (unpaired) electrons. The van der Waals surface area contributed by atoms with Crippen molar-refractivity contribution in [2.75, 3.05) is 14.2 Å². The molecule has 0 spiro atoms. The summed E-state index contributed by atoms with van der Waals surface area (Å²) in [5, 5.41) is 0. The Labute approximate surface area is 104 Å². The highest BCUT2D eigenvalue weighted by molar-refractivity contribution is 14.1. The molecule has 1 aromatic carbocycles. The van der Waals surface area contributed by atoms with E-state index in [4.69, 9.17) is 15.2 Å². The third-order valence-electron chi connectivity index (χ3n) is 2.09. The first-order valence-corrected chi connectivity index (χ1v) is 5.82. The van der Waals surface area contributed by atoms with Gasteiger partial charge in [-0.25, -0.2) is 0 Å². The molecule has 0 fully saturated rings. The van der Waals surface area contributed by atoms with Crippen LogP contribution in [-0.4, -0.2) is 20.3 Å². The van der Waals surface area contributed by atoms with Crippen molar-refractivity contribution < 1.29 is 9.47 Å². The molecule has 15 heavy (non-hydrogen) atoms. The van der Waals surface area contributed by atoms with Crippen molar-refractivity contribution in [2.24, 2.45) is 5.73 Å². The Bertz CT molecular complexity index is 340. The van der Waals surface area contributed by atoms with Crippen molar-refractivity contribution in [2.45, 2.75) is 19.4 Å². The molecule has 2 N–H and O–H groups in total. The summed E-state index contributed by atoms with van der Waals surface area (Å²) in [7, 11) is 3.28. The van der Waals surface area contributed by atoms with E-state index in [1.807, 2.05) is 19.1 Å². The molecule has 4 heteroatoms. The van der Waals surface area contributed by atoms with Gasteiger partial charge < -0.3 is 15.2 Å². The van der Waals surface area contributed by atoms with Crippen molar-refractivity contribution >= 4 is 22.6 Å². The predicted octanol–water partition coefficient (Wildman–Crippen LogP) is 2.20. The average Bonchev–Trinajstić information content (AvgIpc) is 2.19. The van der Waals surface area contributed by atoms with E-state index in [-0.39, 0.29) is 6.04 Å². The standard InChI is InChI=1S/C11H16INO2/c1-7(13)4-8-5-10(14-2)11(15-3)6-9(8)12/h5-7H,4,13H2,1-3H3/t7-/m1/s1. The summed E-state index contributed by atoms with van der Waals surface area (Å²) >= 11 is 2.28. The van der Waals surface area contributed by atoms with E-state index in [9.17, 15) is 0 Å². The summed E-state index contributed by atoms with van der Waals surface area (Å²) < 4.78 is 11.6. The van der Waals surface area contributed by atoms with Gasteiger partial charge in [-0.2, -0.15) is 0 Å². The van der Waals surface area contributed by atoms with E-state index in [2.05, 4.69) is 22.6 Å². The number of benzene rings is 1. The van der Waals surface area contributed by atoms with Crippen molar-refractivity contribution in [3.8, 4) is 11.5 Å². The summed E-state index contributed by atoms with van der Waals surface area (Å²) in [6, 6.07) is 4.11. The number of methoxy groups -OCH3 is 2. The van der Waals surface area contributed by atoms with E-state index in [1.165, 1.54) is 5.56 Å². The molecule has 0 aromatic heterocycles. The summed E-state index contributed by atoms with van der Waals surface area (Å²) in [6.45, 7) is 1.99. The Kier molecular flexibility index (Phi) is 4.66. The molecule has 0 amide bonds. The Morgan fingerprint density at radius 3 is 2.27 bits per heavy atom. The lowest BCUT2D eigenvalue weighted by Crippen LogP contribution is -2.18. The summed E-state index contributed by atoms with van der Waals surface area (Å²) in [5.41, 5.74) is 6.98. The van der Waals surface area contributed by atoms with Crippen LogP contribution in [0.5, 0.6) is 11.5 Å². The lowest BCUT2D eigenvalue weighted by Gasteiger charge is -2.13. The second-order valence-electron chi connectivity index (χ2n) is 3.48. The molecule has 1 aromatic rings. The number of hydrogen-bond donors (Lipinski definition) is 1. The second-order valence-corrected chi connectivity index (χ2v) is 4.64. The van der Waals surface area contributed by atoms with Crippen LogP contribution in [0.4, 0.5) is 0 Å². The first-order valence-electron chi connectivity index (χ1n) is 4.74. The largest absolute Gasteiger partial charge is 0.493 e. The molecule has 0 aliphatic rings. The fourth-order valence-electron chi connectivity index (χ4n) is 1.40.